The van der Waals surface area contributed by atoms with Gasteiger partial charge in [0, 0.05) is 19.1 Å². The molecule has 2 bridgehead atoms. The van der Waals surface area contributed by atoms with Crippen LogP contribution < -0.4 is 34.7 Å². The number of nitrogens with zero attached hydrogens (tertiary/aromatic N) is 1. The molecule has 1 saturated carbocycles. The van der Waals surface area contributed by atoms with E-state index >= 15 is 0 Å². The van der Waals surface area contributed by atoms with Gasteiger partial charge in [-0.3, -0.25) is 4.90 Å². The van der Waals surface area contributed by atoms with Gasteiger partial charge in [-0.2, -0.15) is 0 Å². The zero-order valence-corrected chi connectivity index (χ0v) is 9.45. The van der Waals surface area contributed by atoms with Crippen LogP contribution in [0.25, 0.3) is 0 Å². The minimum absolute atomic E-state index is 0. The molecular formula is C8H12NNaO2. The maximum absolute atomic E-state index is 10.3. The summed E-state index contributed by atoms with van der Waals surface area (Å²) in [5.74, 6) is -0.156. The van der Waals surface area contributed by atoms with Crippen LogP contribution in [-0.2, 0) is 4.79 Å². The number of carbonyl (C=O) groups excluding carboxylic acids is 1. The van der Waals surface area contributed by atoms with Crippen molar-refractivity contribution in [1.82, 2.24) is 4.90 Å². The van der Waals surface area contributed by atoms with E-state index in [0.29, 0.717) is 6.04 Å². The van der Waals surface area contributed by atoms with E-state index in [2.05, 4.69) is 0 Å². The van der Waals surface area contributed by atoms with Crippen molar-refractivity contribution in [3.05, 3.63) is 0 Å². The van der Waals surface area contributed by atoms with E-state index in [-0.39, 0.29) is 36.1 Å². The second-order valence-corrected chi connectivity index (χ2v) is 3.63. The molecule has 3 nitrogen and oxygen atoms in total. The Bertz CT molecular complexity index is 186. The summed E-state index contributed by atoms with van der Waals surface area (Å²) in [5, 5.41) is 10.3. The third-order valence-electron chi connectivity index (χ3n) is 2.85. The van der Waals surface area contributed by atoms with Gasteiger partial charge < -0.3 is 9.90 Å². The molecule has 12 heavy (non-hydrogen) atoms. The zero-order valence-electron chi connectivity index (χ0n) is 7.45. The second-order valence-electron chi connectivity index (χ2n) is 3.63. The van der Waals surface area contributed by atoms with Crippen molar-refractivity contribution in [1.29, 1.82) is 0 Å². The van der Waals surface area contributed by atoms with Gasteiger partial charge in [0.1, 0.15) is 0 Å². The summed E-state index contributed by atoms with van der Waals surface area (Å²) < 4.78 is 0. The number of carboxylic acid groups (broad SMARTS) is 1. The molecular weight excluding hydrogens is 165 g/mol. The topological polar surface area (TPSA) is 43.4 Å². The average molecular weight is 177 g/mol. The molecule has 1 aliphatic carbocycles. The van der Waals surface area contributed by atoms with Gasteiger partial charge in [0.15, 0.2) is 0 Å². The molecule has 4 heteroatoms. The average Bonchev–Trinajstić information content (AvgIpc) is 2.45. The molecule has 0 N–H and O–H groups in total. The van der Waals surface area contributed by atoms with Crippen molar-refractivity contribution < 1.29 is 39.5 Å². The molecule has 2 atom stereocenters. The Morgan fingerprint density at radius 1 is 1.50 bits per heavy atom. The molecule has 0 aromatic carbocycles. The predicted molar refractivity (Wildman–Crippen MR) is 37.7 cm³/mol. The van der Waals surface area contributed by atoms with Crippen molar-refractivity contribution in [3.63, 3.8) is 0 Å². The molecule has 0 aromatic rings. The van der Waals surface area contributed by atoms with E-state index < -0.39 is 5.97 Å². The Labute approximate surface area is 94.4 Å². The number of carbonyl (C=O) groups is 1. The minimum Gasteiger partial charge on any atom is -0.549 e. The number of likely N-dealkylation sites (tertiary alicyclic amines) is 1. The van der Waals surface area contributed by atoms with Gasteiger partial charge in [0.05, 0.1) is 5.97 Å². The van der Waals surface area contributed by atoms with E-state index in [1.165, 1.54) is 19.3 Å². The quantitative estimate of drug-likeness (QED) is 0.407. The summed E-state index contributed by atoms with van der Waals surface area (Å²) in [4.78, 5) is 12.3. The van der Waals surface area contributed by atoms with Crippen molar-refractivity contribution >= 4 is 5.97 Å². The summed E-state index contributed by atoms with van der Waals surface area (Å²) in [6.07, 6.45) is 3.71. The number of hydrogen-bond donors (Lipinski definition) is 0. The normalized spacial score (nSPS) is 33.3. The number of aliphatic carboxylic acids is 1. The molecule has 0 aromatic heterocycles. The molecule has 62 valence electrons. The molecule has 1 heterocycles. The Balaban J connectivity index is 0.000000720. The minimum atomic E-state index is -0.933. The van der Waals surface area contributed by atoms with Crippen LogP contribution in [0.15, 0.2) is 0 Å². The van der Waals surface area contributed by atoms with E-state index in [9.17, 15) is 9.90 Å². The largest absolute Gasteiger partial charge is 1.00 e. The smallest absolute Gasteiger partial charge is 0.549 e. The number of fused-ring (bicyclic) bond motifs is 2. The van der Waals surface area contributed by atoms with Crippen molar-refractivity contribution in [2.45, 2.75) is 25.3 Å². The van der Waals surface area contributed by atoms with Crippen molar-refractivity contribution in [2.24, 2.45) is 5.92 Å². The molecule has 0 spiro atoms. The van der Waals surface area contributed by atoms with Crippen LogP contribution in [0.5, 0.6) is 0 Å². The Morgan fingerprint density at radius 2 is 2.25 bits per heavy atom. The van der Waals surface area contributed by atoms with Crippen molar-refractivity contribution in [3.8, 4) is 0 Å². The summed E-state index contributed by atoms with van der Waals surface area (Å²) >= 11 is 0. The summed E-state index contributed by atoms with van der Waals surface area (Å²) in [6, 6.07) is 0.554. The maximum atomic E-state index is 10.3. The van der Waals surface area contributed by atoms with Crippen LogP contribution in [0, 0.1) is 5.92 Å². The summed E-state index contributed by atoms with van der Waals surface area (Å²) in [7, 11) is 0. The fraction of sp³-hybridized carbons (Fsp3) is 0.875. The van der Waals surface area contributed by atoms with Gasteiger partial charge in [-0.05, 0) is 25.2 Å². The first-order valence-electron chi connectivity index (χ1n) is 4.19. The van der Waals surface area contributed by atoms with Crippen LogP contribution >= 0.6 is 0 Å². The molecule has 2 aliphatic rings. The Kier molecular flexibility index (Phi) is 3.58. The van der Waals surface area contributed by atoms with Gasteiger partial charge in [0.2, 0.25) is 0 Å². The van der Waals surface area contributed by atoms with Gasteiger partial charge in [-0.1, -0.05) is 0 Å². The second kappa shape index (κ2) is 4.09. The first-order valence-corrected chi connectivity index (χ1v) is 4.19. The SMILES string of the molecule is O=C([O-])CN1CC2CCC1C2.[Na+]. The van der Waals surface area contributed by atoms with Crippen molar-refractivity contribution in [2.75, 3.05) is 13.1 Å². The van der Waals surface area contributed by atoms with Gasteiger partial charge in [-0.15, -0.1) is 0 Å². The van der Waals surface area contributed by atoms with Gasteiger partial charge >= 0.3 is 29.6 Å². The zero-order chi connectivity index (χ0) is 7.84. The third-order valence-corrected chi connectivity index (χ3v) is 2.85. The summed E-state index contributed by atoms with van der Waals surface area (Å²) in [5.41, 5.74) is 0. The van der Waals surface area contributed by atoms with E-state index in [1.54, 1.807) is 0 Å². The molecule has 0 radical (unpaired) electrons. The van der Waals surface area contributed by atoms with Crippen LogP contribution in [0.3, 0.4) is 0 Å². The Morgan fingerprint density at radius 3 is 2.67 bits per heavy atom. The first-order chi connectivity index (χ1) is 5.25. The number of carboxylic acids is 1. The van der Waals surface area contributed by atoms with E-state index in [0.717, 1.165) is 12.5 Å². The standard InChI is InChI=1S/C8H13NO2.Na/c10-8(11)5-9-4-6-1-2-7(9)3-6;/h6-7H,1-5H2,(H,10,11);/q;+1/p-1. The molecule has 2 fully saturated rings. The number of hydrogen-bond acceptors (Lipinski definition) is 3. The maximum Gasteiger partial charge on any atom is 1.00 e. The predicted octanol–water partition coefficient (Wildman–Crippen LogP) is -3.78. The molecule has 1 aliphatic heterocycles. The van der Waals surface area contributed by atoms with Crippen LogP contribution in [0.4, 0.5) is 0 Å². The van der Waals surface area contributed by atoms with Crippen LogP contribution in [0.2, 0.25) is 0 Å². The molecule has 1 saturated heterocycles. The fourth-order valence-electron chi connectivity index (χ4n) is 2.39. The fourth-order valence-corrected chi connectivity index (χ4v) is 2.39. The van der Waals surface area contributed by atoms with Crippen LogP contribution in [0.1, 0.15) is 19.3 Å². The van der Waals surface area contributed by atoms with Gasteiger partial charge in [-0.25, -0.2) is 0 Å². The van der Waals surface area contributed by atoms with Crippen LogP contribution in [-0.4, -0.2) is 30.0 Å². The van der Waals surface area contributed by atoms with Gasteiger partial charge in [0.25, 0.3) is 0 Å². The molecule has 2 unspecified atom stereocenters. The number of piperidine rings is 1. The van der Waals surface area contributed by atoms with E-state index in [1.807, 2.05) is 4.90 Å². The van der Waals surface area contributed by atoms with E-state index in [4.69, 9.17) is 0 Å². The molecule has 2 rings (SSSR count). The summed E-state index contributed by atoms with van der Waals surface area (Å²) in [6.45, 7) is 1.12. The number of rotatable bonds is 2. The Hall–Kier alpha value is 0.430. The first kappa shape index (κ1) is 10.5. The molecule has 0 amide bonds. The monoisotopic (exact) mass is 177 g/mol. The third kappa shape index (κ3) is 2.02.